The van der Waals surface area contributed by atoms with Crippen molar-refractivity contribution in [2.45, 2.75) is 198 Å². The van der Waals surface area contributed by atoms with E-state index in [1.165, 1.54) is 36.3 Å². The summed E-state index contributed by atoms with van der Waals surface area (Å²) >= 11 is 0. The minimum Gasteiger partial charge on any atom is -0.460 e. The number of aliphatic hydroxyl groups excluding tert-OH is 2. The number of aliphatic hydroxyl groups is 3. The Balaban J connectivity index is 0.000000418. The van der Waals surface area contributed by atoms with E-state index in [4.69, 9.17) is 28.8 Å². The normalized spacial score (nSPS) is 32.4. The van der Waals surface area contributed by atoms with Crippen molar-refractivity contribution in [3.63, 3.8) is 0 Å². The van der Waals surface area contributed by atoms with Gasteiger partial charge in [-0.25, -0.2) is 23.0 Å². The molecule has 502 valence electrons. The highest BCUT2D eigenvalue weighted by Crippen LogP contribution is 2.39. The first-order valence-corrected chi connectivity index (χ1v) is 32.9. The van der Waals surface area contributed by atoms with Crippen LogP contribution < -0.4 is 5.14 Å². The van der Waals surface area contributed by atoms with Crippen LogP contribution in [0.3, 0.4) is 0 Å². The lowest BCUT2D eigenvalue weighted by molar-refractivity contribution is -0.265. The summed E-state index contributed by atoms with van der Waals surface area (Å²) < 4.78 is 92.6. The van der Waals surface area contributed by atoms with Crippen LogP contribution >= 0.6 is 0 Å². The molecular weight excluding hydrogens is 1200 g/mol. The number of ether oxygens (including phenoxy) is 5. The number of rotatable bonds is 9. The largest absolute Gasteiger partial charge is 0.460 e. The van der Waals surface area contributed by atoms with Gasteiger partial charge < -0.3 is 43.9 Å². The predicted octanol–water partition coefficient (Wildman–Crippen LogP) is 9.69. The lowest BCUT2D eigenvalue weighted by Gasteiger charge is -2.42. The molecule has 2 bridgehead atoms. The standard InChI is InChI=1S/C51H79NO13.C17H14F3N3O2S/c1-30-16-12-11-13-17-31(2)42(61-8)28-38-21-19-36(7)51(60,65-38)48(57)49(58)52-23-15-14-18-39(52)50(59)64-43(33(4)26-37-20-22-40(53)44(27-37)62-9)29-41(54)32(3)25-35(6)46(56)47(63-10)45(55)34(5)24-30;1-11-2-4-12(5-3-11)15-10-16(17(18,19)20)22-23(15)13-6-8-14(9-7-13)26(21,24)25/h11-13,16-17,25,30,32-34,36-40,42-44,46-47,53,56,60H,14-15,18-24,26-29H2,1-10H3;2-10H,1H3,(H2,21,24,25)/b13-11+,16-12+,31-17+,35-25+;/t30-,32-,33-,34-,36-,37+,38+,39+,40-,42+,43+,44-,46-,47+,51-;/m1./s1. The number of alkyl halides is 3. The Kier molecular flexibility index (Phi) is 26.6. The maximum Gasteiger partial charge on any atom is 0.435 e. The Morgan fingerprint density at radius 2 is 1.51 bits per heavy atom. The van der Waals surface area contributed by atoms with Crippen LogP contribution in [-0.2, 0) is 63.9 Å². The van der Waals surface area contributed by atoms with E-state index in [0.29, 0.717) is 68.9 Å². The van der Waals surface area contributed by atoms with Crippen molar-refractivity contribution in [1.82, 2.24) is 14.7 Å². The molecule has 1 amide bonds. The maximum atomic E-state index is 14.4. The molecule has 5 N–H and O–H groups in total. The van der Waals surface area contributed by atoms with Crippen molar-refractivity contribution in [3.05, 3.63) is 113 Å². The van der Waals surface area contributed by atoms with Crippen LogP contribution in [0.1, 0.15) is 137 Å². The fourth-order valence-electron chi connectivity index (χ4n) is 12.5. The number of fused-ring (bicyclic) bond motifs is 3. The SMILES string of the molecule is CO[C@H]1C[C@@H]2CC[C@@H](C)[C@@](O)(O2)C(=O)C(=O)N2CCCC[C@H]2C(=O)O[C@H]([C@H](C)C[C@@H]2CC[C@@H](O)[C@H](OC)C2)CC(=O)[C@H](C)/C=C(\C)[C@@H](O)[C@@H](OC)C(=O)[C@H](C)C[C@H](C)/C=C/C=C/C=C/1C.Cc1ccc(-c2cc(C(F)(F)F)nn2-c2ccc(S(N)(=O)=O)cc2)cc1. The number of benzene rings is 2. The number of sulfonamides is 1. The average Bonchev–Trinajstić information content (AvgIpc) is 1.75. The number of Topliss-reactive ketones (excluding diaryl/α,β-unsaturated/α-hetero) is 3. The van der Waals surface area contributed by atoms with E-state index < -0.39 is 106 Å². The van der Waals surface area contributed by atoms with Gasteiger partial charge in [0.1, 0.15) is 30.1 Å². The van der Waals surface area contributed by atoms with Crippen LogP contribution in [0.2, 0.25) is 0 Å². The van der Waals surface area contributed by atoms with Crippen LogP contribution in [0, 0.1) is 42.4 Å². The minimum atomic E-state index is -4.61. The van der Waals surface area contributed by atoms with E-state index in [-0.39, 0.29) is 71.1 Å². The van der Waals surface area contributed by atoms with Crippen LogP contribution in [0.5, 0.6) is 0 Å². The van der Waals surface area contributed by atoms with Gasteiger partial charge >= 0.3 is 12.1 Å². The van der Waals surface area contributed by atoms with Gasteiger partial charge in [0.15, 0.2) is 11.5 Å². The molecule has 2 aromatic carbocycles. The smallest absolute Gasteiger partial charge is 0.435 e. The van der Waals surface area contributed by atoms with Crippen LogP contribution in [0.4, 0.5) is 13.2 Å². The second kappa shape index (κ2) is 32.7. The first kappa shape index (κ1) is 74.0. The lowest BCUT2D eigenvalue weighted by Crippen LogP contribution is -2.61. The number of hydrogen-bond donors (Lipinski definition) is 4. The van der Waals surface area contributed by atoms with Gasteiger partial charge in [0.05, 0.1) is 40.7 Å². The third-order valence-electron chi connectivity index (χ3n) is 18.2. The lowest BCUT2D eigenvalue weighted by atomic mass is 9.78. The average molecular weight is 1300 g/mol. The fraction of sp³-hybridized carbons (Fsp3) is 0.588. The number of primary sulfonamides is 1. The molecular formula is C68H93F3N4O15S. The van der Waals surface area contributed by atoms with Crippen LogP contribution in [0.25, 0.3) is 16.9 Å². The fourth-order valence-corrected chi connectivity index (χ4v) is 13.1. The van der Waals surface area contributed by atoms with E-state index in [2.05, 4.69) is 5.10 Å². The summed E-state index contributed by atoms with van der Waals surface area (Å²) in [5.41, 5.74) is 2.26. The zero-order valence-electron chi connectivity index (χ0n) is 54.1. The molecule has 4 heterocycles. The highest BCUT2D eigenvalue weighted by Gasteiger charge is 2.53. The van der Waals surface area contributed by atoms with Crippen LogP contribution in [0.15, 0.2) is 107 Å². The number of allylic oxidation sites excluding steroid dienone is 6. The molecule has 1 aliphatic carbocycles. The molecule has 4 aliphatic rings. The Hall–Kier alpha value is -6.02. The Bertz CT molecular complexity index is 3220. The summed E-state index contributed by atoms with van der Waals surface area (Å²) in [5.74, 6) is -7.96. The number of piperidine rings is 1. The molecule has 23 heteroatoms. The van der Waals surface area contributed by atoms with E-state index in [0.717, 1.165) is 28.3 Å². The Morgan fingerprint density at radius 1 is 0.824 bits per heavy atom. The van der Waals surface area contributed by atoms with Crippen molar-refractivity contribution >= 4 is 39.2 Å². The van der Waals surface area contributed by atoms with Crippen molar-refractivity contribution in [1.29, 1.82) is 0 Å². The van der Waals surface area contributed by atoms with Gasteiger partial charge in [-0.1, -0.05) is 101 Å². The zero-order chi connectivity index (χ0) is 67.3. The number of carbonyl (C=O) groups excluding carboxylic acids is 5. The van der Waals surface area contributed by atoms with Gasteiger partial charge in [-0.05, 0) is 144 Å². The first-order valence-electron chi connectivity index (χ1n) is 31.4. The number of aromatic nitrogens is 2. The number of amides is 1. The van der Waals surface area contributed by atoms with Crippen LogP contribution in [-0.4, -0.2) is 150 Å². The Morgan fingerprint density at radius 3 is 2.13 bits per heavy atom. The summed E-state index contributed by atoms with van der Waals surface area (Å²) in [7, 11) is 0.624. The van der Waals surface area contributed by atoms with Crippen molar-refractivity contribution in [2.24, 2.45) is 40.6 Å². The molecule has 7 rings (SSSR count). The number of methoxy groups -OCH3 is 3. The maximum absolute atomic E-state index is 14.4. The summed E-state index contributed by atoms with van der Waals surface area (Å²) in [6, 6.07) is 11.9. The minimum absolute atomic E-state index is 0.0193. The molecule has 3 fully saturated rings. The molecule has 15 atom stereocenters. The topological polar surface area (TPSA) is 273 Å². The van der Waals surface area contributed by atoms with Crippen molar-refractivity contribution in [3.8, 4) is 16.9 Å². The number of nitrogens with zero attached hydrogens (tertiary/aromatic N) is 3. The molecule has 0 unspecified atom stereocenters. The van der Waals surface area contributed by atoms with Gasteiger partial charge in [-0.3, -0.25) is 19.2 Å². The second-order valence-electron chi connectivity index (χ2n) is 25.3. The number of carbonyl (C=O) groups is 5. The number of esters is 1. The van der Waals surface area contributed by atoms with E-state index in [9.17, 15) is 60.9 Å². The molecule has 0 radical (unpaired) electrons. The Labute approximate surface area is 533 Å². The number of ketones is 3. The van der Waals surface area contributed by atoms with E-state index >= 15 is 0 Å². The zero-order valence-corrected chi connectivity index (χ0v) is 55.0. The number of hydrogen-bond acceptors (Lipinski definition) is 16. The molecule has 0 spiro atoms. The quantitative estimate of drug-likeness (QED) is 0.0881. The third kappa shape index (κ3) is 19.5. The molecule has 1 saturated carbocycles. The monoisotopic (exact) mass is 1290 g/mol. The molecule has 3 aromatic rings. The third-order valence-corrected chi connectivity index (χ3v) is 19.2. The highest BCUT2D eigenvalue weighted by molar-refractivity contribution is 7.89. The predicted molar refractivity (Wildman–Crippen MR) is 335 cm³/mol. The molecule has 1 aromatic heterocycles. The van der Waals surface area contributed by atoms with Gasteiger partial charge in [0, 0.05) is 64.0 Å². The number of aryl methyl sites for hydroxylation is 1. The highest BCUT2D eigenvalue weighted by atomic mass is 32.2. The summed E-state index contributed by atoms with van der Waals surface area (Å²) in [4.78, 5) is 71.6. The van der Waals surface area contributed by atoms with Gasteiger partial charge in [0.25, 0.3) is 11.7 Å². The molecule has 3 aliphatic heterocycles. The van der Waals surface area contributed by atoms with E-state index in [1.807, 2.05) is 65.0 Å². The first-order chi connectivity index (χ1) is 42.8. The van der Waals surface area contributed by atoms with Crippen molar-refractivity contribution in [2.75, 3.05) is 27.9 Å². The van der Waals surface area contributed by atoms with Gasteiger partial charge in [-0.15, -0.1) is 0 Å². The summed E-state index contributed by atoms with van der Waals surface area (Å²) in [6.45, 7) is 14.6. The van der Waals surface area contributed by atoms with Crippen molar-refractivity contribution < 1.29 is 84.6 Å². The molecule has 2 saturated heterocycles. The van der Waals surface area contributed by atoms with E-state index in [1.54, 1.807) is 65.3 Å². The number of nitrogens with two attached hydrogens (primary N) is 1. The summed E-state index contributed by atoms with van der Waals surface area (Å²) in [5, 5.41) is 42.5. The second-order valence-corrected chi connectivity index (χ2v) is 26.9. The van der Waals surface area contributed by atoms with Gasteiger partial charge in [0.2, 0.25) is 15.8 Å². The molecule has 19 nitrogen and oxygen atoms in total. The molecule has 91 heavy (non-hydrogen) atoms. The number of cyclic esters (lactones) is 1. The summed E-state index contributed by atoms with van der Waals surface area (Å²) in [6.07, 6.45) is 6.58. The number of halogens is 3. The van der Waals surface area contributed by atoms with Gasteiger partial charge in [-0.2, -0.15) is 18.3 Å².